The molecule has 2 atom stereocenters. The lowest BCUT2D eigenvalue weighted by Crippen LogP contribution is -2.37. The fraction of sp³-hybridized carbons (Fsp3) is 0.930. The number of hydrogen-bond donors (Lipinski definition) is 1. The molecule has 0 aromatic rings. The third-order valence-corrected chi connectivity index (χ3v) is 10.6. The Balaban J connectivity index is 4.17. The minimum atomic E-state index is -4.27. The maximum absolute atomic E-state index is 12.7. The van der Waals surface area contributed by atoms with Crippen LogP contribution in [0.15, 0.2) is 12.2 Å². The SMILES string of the molecule is CCCCCCCC/C=C\CCCCCCCCCCCC(=O)OC(COCCCCCCCCCCCCC)COP(=O)(O)OCC[N+](C)(C)C. The number of phosphoric acid groups is 1. The predicted molar refractivity (Wildman–Crippen MR) is 220 cm³/mol. The zero-order valence-corrected chi connectivity index (χ0v) is 36.0. The van der Waals surface area contributed by atoms with Crippen molar-refractivity contribution in [3.63, 3.8) is 0 Å². The Bertz CT molecular complexity index is 848. The second kappa shape index (κ2) is 37.2. The molecule has 2 unspecified atom stereocenters. The van der Waals surface area contributed by atoms with Crippen LogP contribution in [-0.2, 0) is 27.9 Å². The lowest BCUT2D eigenvalue weighted by Gasteiger charge is -2.24. The van der Waals surface area contributed by atoms with Crippen LogP contribution in [0.2, 0.25) is 0 Å². The number of unbranched alkanes of at least 4 members (excludes halogenated alkanes) is 25. The molecule has 0 spiro atoms. The molecule has 9 heteroatoms. The second-order valence-electron chi connectivity index (χ2n) is 16.1. The molecular weight excluding hydrogens is 673 g/mol. The zero-order valence-electron chi connectivity index (χ0n) is 35.1. The van der Waals surface area contributed by atoms with Crippen LogP contribution >= 0.6 is 7.82 Å². The lowest BCUT2D eigenvalue weighted by atomic mass is 10.1. The van der Waals surface area contributed by atoms with E-state index in [1.54, 1.807) is 0 Å². The van der Waals surface area contributed by atoms with Crippen LogP contribution in [0.5, 0.6) is 0 Å². The van der Waals surface area contributed by atoms with E-state index in [1.807, 2.05) is 21.1 Å². The number of hydrogen-bond acceptors (Lipinski definition) is 6. The second-order valence-corrected chi connectivity index (χ2v) is 17.5. The van der Waals surface area contributed by atoms with Crippen LogP contribution in [0.1, 0.15) is 200 Å². The summed E-state index contributed by atoms with van der Waals surface area (Å²) in [4.78, 5) is 22.9. The summed E-state index contributed by atoms with van der Waals surface area (Å²) >= 11 is 0. The van der Waals surface area contributed by atoms with Crippen molar-refractivity contribution in [2.24, 2.45) is 0 Å². The van der Waals surface area contributed by atoms with Gasteiger partial charge in [0.15, 0.2) is 0 Å². The highest BCUT2D eigenvalue weighted by Gasteiger charge is 2.26. The van der Waals surface area contributed by atoms with Gasteiger partial charge in [0.1, 0.15) is 19.3 Å². The summed E-state index contributed by atoms with van der Waals surface area (Å²) in [5.41, 5.74) is 0. The van der Waals surface area contributed by atoms with Crippen LogP contribution in [-0.4, -0.2) is 75.6 Å². The summed E-state index contributed by atoms with van der Waals surface area (Å²) in [5.74, 6) is -0.313. The van der Waals surface area contributed by atoms with Crippen molar-refractivity contribution < 1.29 is 37.3 Å². The van der Waals surface area contributed by atoms with Crippen molar-refractivity contribution >= 4 is 13.8 Å². The van der Waals surface area contributed by atoms with Gasteiger partial charge in [-0.15, -0.1) is 0 Å². The topological polar surface area (TPSA) is 91.3 Å². The highest BCUT2D eigenvalue weighted by atomic mass is 31.2. The van der Waals surface area contributed by atoms with Gasteiger partial charge >= 0.3 is 13.8 Å². The molecule has 0 saturated carbocycles. The maximum Gasteiger partial charge on any atom is 0.472 e. The number of likely N-dealkylation sites (N-methyl/N-ethyl adjacent to an activating group) is 1. The Labute approximate surface area is 322 Å². The summed E-state index contributed by atoms with van der Waals surface area (Å²) in [7, 11) is 1.68. The third kappa shape index (κ3) is 40.4. The van der Waals surface area contributed by atoms with Gasteiger partial charge in [0.2, 0.25) is 0 Å². The Morgan fingerprint density at radius 1 is 0.577 bits per heavy atom. The smallest absolute Gasteiger partial charge is 0.457 e. The quantitative estimate of drug-likeness (QED) is 0.0218. The fourth-order valence-corrected chi connectivity index (χ4v) is 6.88. The molecule has 0 saturated heterocycles. The van der Waals surface area contributed by atoms with Gasteiger partial charge < -0.3 is 18.9 Å². The van der Waals surface area contributed by atoms with E-state index in [0.29, 0.717) is 24.1 Å². The predicted octanol–water partition coefficient (Wildman–Crippen LogP) is 12.7. The Morgan fingerprint density at radius 3 is 1.46 bits per heavy atom. The first-order valence-electron chi connectivity index (χ1n) is 21.9. The van der Waals surface area contributed by atoms with Gasteiger partial charge in [-0.1, -0.05) is 167 Å². The molecular formula is C43H87NO7P+. The number of allylic oxidation sites excluding steroid dienone is 2. The number of nitrogens with zero attached hydrogens (tertiary/aromatic N) is 1. The number of esters is 1. The molecule has 1 N–H and O–H groups in total. The minimum Gasteiger partial charge on any atom is -0.457 e. The van der Waals surface area contributed by atoms with E-state index in [9.17, 15) is 14.3 Å². The van der Waals surface area contributed by atoms with Gasteiger partial charge in [-0.05, 0) is 38.5 Å². The lowest BCUT2D eigenvalue weighted by molar-refractivity contribution is -0.870. The molecule has 0 radical (unpaired) electrons. The molecule has 52 heavy (non-hydrogen) atoms. The normalized spacial score (nSPS) is 13.9. The Morgan fingerprint density at radius 2 is 1.00 bits per heavy atom. The molecule has 0 aliphatic rings. The Kier molecular flexibility index (Phi) is 36.6. The van der Waals surface area contributed by atoms with Crippen LogP contribution < -0.4 is 0 Å². The van der Waals surface area contributed by atoms with Crippen LogP contribution in [0.4, 0.5) is 0 Å². The number of quaternary nitrogens is 1. The van der Waals surface area contributed by atoms with Crippen molar-refractivity contribution in [3.05, 3.63) is 12.2 Å². The zero-order chi connectivity index (χ0) is 38.4. The molecule has 0 heterocycles. The average Bonchev–Trinajstić information content (AvgIpc) is 3.09. The molecule has 0 rings (SSSR count). The maximum atomic E-state index is 12.7. The molecule has 0 aromatic carbocycles. The van der Waals surface area contributed by atoms with E-state index >= 15 is 0 Å². The first kappa shape index (κ1) is 51.2. The van der Waals surface area contributed by atoms with Crippen molar-refractivity contribution in [2.75, 3.05) is 54.1 Å². The fourth-order valence-electron chi connectivity index (χ4n) is 6.14. The van der Waals surface area contributed by atoms with Crippen LogP contribution in [0.3, 0.4) is 0 Å². The largest absolute Gasteiger partial charge is 0.472 e. The van der Waals surface area contributed by atoms with Crippen LogP contribution in [0.25, 0.3) is 0 Å². The number of rotatable bonds is 41. The van der Waals surface area contributed by atoms with E-state index in [-0.39, 0.29) is 25.8 Å². The van der Waals surface area contributed by atoms with Gasteiger partial charge in [0.25, 0.3) is 0 Å². The first-order valence-corrected chi connectivity index (χ1v) is 23.4. The van der Waals surface area contributed by atoms with E-state index in [2.05, 4.69) is 26.0 Å². The van der Waals surface area contributed by atoms with Crippen molar-refractivity contribution in [1.82, 2.24) is 0 Å². The van der Waals surface area contributed by atoms with E-state index < -0.39 is 13.9 Å². The number of carbonyl (C=O) groups excluding carboxylic acids is 1. The highest BCUT2D eigenvalue weighted by Crippen LogP contribution is 2.43. The third-order valence-electron chi connectivity index (χ3n) is 9.58. The minimum absolute atomic E-state index is 0.0914. The van der Waals surface area contributed by atoms with Gasteiger partial charge in [-0.2, -0.15) is 0 Å². The number of ether oxygens (including phenoxy) is 2. The summed E-state index contributed by atoms with van der Waals surface area (Å²) in [6.07, 6.45) is 39.5. The van der Waals surface area contributed by atoms with Gasteiger partial charge in [-0.3, -0.25) is 13.8 Å². The molecule has 0 amide bonds. The summed E-state index contributed by atoms with van der Waals surface area (Å²) in [5, 5.41) is 0. The summed E-state index contributed by atoms with van der Waals surface area (Å²) in [6.45, 7) is 5.64. The molecule has 0 aliphatic carbocycles. The molecule has 0 aromatic heterocycles. The summed E-state index contributed by atoms with van der Waals surface area (Å²) < 4.78 is 34.9. The number of carbonyl (C=O) groups is 1. The van der Waals surface area contributed by atoms with Crippen LogP contribution in [0, 0.1) is 0 Å². The first-order chi connectivity index (χ1) is 25.1. The Hall–Kier alpha value is -0.760. The molecule has 0 fully saturated rings. The van der Waals surface area contributed by atoms with Crippen molar-refractivity contribution in [2.45, 2.75) is 206 Å². The van der Waals surface area contributed by atoms with E-state index in [0.717, 1.165) is 32.1 Å². The monoisotopic (exact) mass is 761 g/mol. The van der Waals surface area contributed by atoms with E-state index in [4.69, 9.17) is 18.5 Å². The van der Waals surface area contributed by atoms with Crippen molar-refractivity contribution in [3.8, 4) is 0 Å². The average molecular weight is 761 g/mol. The molecule has 310 valence electrons. The molecule has 0 aliphatic heterocycles. The van der Waals surface area contributed by atoms with E-state index in [1.165, 1.54) is 148 Å². The highest BCUT2D eigenvalue weighted by molar-refractivity contribution is 7.47. The standard InChI is InChI=1S/C43H86NO7P/c1-6-8-10-12-14-16-18-19-20-21-22-23-24-25-26-28-30-32-34-36-43(45)51-42(41-50-52(46,47)49-39-37-44(3,4)5)40-48-38-35-33-31-29-27-17-15-13-11-9-7-2/h19-20,42H,6-18,21-41H2,1-5H3/p+1/b20-19-. The molecule has 0 bridgehead atoms. The summed E-state index contributed by atoms with van der Waals surface area (Å²) in [6, 6.07) is 0. The van der Waals surface area contributed by atoms with Gasteiger partial charge in [0, 0.05) is 13.0 Å². The van der Waals surface area contributed by atoms with Gasteiger partial charge in [-0.25, -0.2) is 4.57 Å². The number of phosphoric ester groups is 1. The molecule has 8 nitrogen and oxygen atoms in total. The van der Waals surface area contributed by atoms with Crippen molar-refractivity contribution in [1.29, 1.82) is 0 Å². The van der Waals surface area contributed by atoms with Gasteiger partial charge in [0.05, 0.1) is 34.4 Å².